The van der Waals surface area contributed by atoms with Crippen LogP contribution in [0.15, 0.2) is 23.8 Å². The Hall–Kier alpha value is -0.560. The molecule has 0 fully saturated rings. The molecule has 0 spiro atoms. The number of aliphatic hydroxyl groups excluding tert-OH is 1. The number of aliphatic hydroxyl groups is 1. The molecule has 16 heavy (non-hydrogen) atoms. The summed E-state index contributed by atoms with van der Waals surface area (Å²) in [5, 5.41) is 8.71. The Bertz CT molecular complexity index is 213. The molecule has 0 amide bonds. The lowest BCUT2D eigenvalue weighted by molar-refractivity contribution is 0.341. The van der Waals surface area contributed by atoms with E-state index in [1.54, 1.807) is 0 Å². The molecule has 0 aromatic carbocycles. The van der Waals surface area contributed by atoms with Crippen molar-refractivity contribution in [1.82, 2.24) is 0 Å². The van der Waals surface area contributed by atoms with Crippen molar-refractivity contribution < 1.29 is 5.11 Å². The number of hydrogen-bond donors (Lipinski definition) is 1. The first-order valence-electron chi connectivity index (χ1n) is 6.49. The molecule has 0 aromatic heterocycles. The first-order chi connectivity index (χ1) is 7.56. The molecule has 1 unspecified atom stereocenters. The van der Waals surface area contributed by atoms with Crippen LogP contribution in [0.2, 0.25) is 0 Å². The van der Waals surface area contributed by atoms with E-state index in [4.69, 9.17) is 5.11 Å². The van der Waals surface area contributed by atoms with Crippen LogP contribution in [0.4, 0.5) is 0 Å². The van der Waals surface area contributed by atoms with E-state index in [0.29, 0.717) is 5.92 Å². The third kappa shape index (κ3) is 9.97. The van der Waals surface area contributed by atoms with Crippen LogP contribution < -0.4 is 0 Å². The summed E-state index contributed by atoms with van der Waals surface area (Å²) in [6, 6.07) is 0. The minimum atomic E-state index is 0.156. The monoisotopic (exact) mass is 224 g/mol. The van der Waals surface area contributed by atoms with Gasteiger partial charge in [-0.15, -0.1) is 0 Å². The highest BCUT2D eigenvalue weighted by Crippen LogP contribution is 2.14. The zero-order valence-corrected chi connectivity index (χ0v) is 11.4. The van der Waals surface area contributed by atoms with Gasteiger partial charge in [-0.3, -0.25) is 0 Å². The van der Waals surface area contributed by atoms with E-state index in [1.807, 2.05) is 6.08 Å². The SMILES string of the molecule is C/C(=C/CO)CC=CC(C)CCCC(C)C. The van der Waals surface area contributed by atoms with Crippen molar-refractivity contribution in [3.05, 3.63) is 23.8 Å². The standard InChI is InChI=1S/C15H28O/c1-13(2)7-5-8-14(3)9-6-10-15(4)11-12-16/h6,9,11,13-14,16H,5,7-8,10,12H2,1-4H3/b9-6?,15-11-. The Labute approximate surface area is 101 Å². The molecule has 0 rings (SSSR count). The normalized spacial score (nSPS) is 15.0. The fraction of sp³-hybridized carbons (Fsp3) is 0.733. The molecule has 0 saturated heterocycles. The summed E-state index contributed by atoms with van der Waals surface area (Å²) in [7, 11) is 0. The van der Waals surface area contributed by atoms with Gasteiger partial charge in [-0.25, -0.2) is 0 Å². The van der Waals surface area contributed by atoms with Crippen molar-refractivity contribution >= 4 is 0 Å². The molecule has 1 atom stereocenters. The van der Waals surface area contributed by atoms with Gasteiger partial charge in [0.25, 0.3) is 0 Å². The maximum atomic E-state index is 8.71. The molecule has 0 aromatic rings. The predicted octanol–water partition coefficient (Wildman–Crippen LogP) is 4.33. The Morgan fingerprint density at radius 1 is 1.19 bits per heavy atom. The molecule has 1 N–H and O–H groups in total. The third-order valence-electron chi connectivity index (χ3n) is 2.79. The number of rotatable bonds is 8. The summed E-state index contributed by atoms with van der Waals surface area (Å²) in [6.07, 6.45) is 11.3. The molecule has 0 saturated carbocycles. The van der Waals surface area contributed by atoms with Crippen LogP contribution in [0.5, 0.6) is 0 Å². The molecule has 0 radical (unpaired) electrons. The van der Waals surface area contributed by atoms with Gasteiger partial charge < -0.3 is 5.11 Å². The molecule has 0 heterocycles. The van der Waals surface area contributed by atoms with Crippen LogP contribution in [0.3, 0.4) is 0 Å². The minimum Gasteiger partial charge on any atom is -0.392 e. The molecule has 1 heteroatoms. The van der Waals surface area contributed by atoms with Crippen LogP contribution >= 0.6 is 0 Å². The second-order valence-electron chi connectivity index (χ2n) is 5.17. The summed E-state index contributed by atoms with van der Waals surface area (Å²) in [6.45, 7) is 9.06. The van der Waals surface area contributed by atoms with Gasteiger partial charge in [-0.1, -0.05) is 57.4 Å². The first kappa shape index (κ1) is 15.4. The fourth-order valence-corrected chi connectivity index (χ4v) is 1.67. The largest absolute Gasteiger partial charge is 0.392 e. The van der Waals surface area contributed by atoms with Gasteiger partial charge in [0.1, 0.15) is 0 Å². The van der Waals surface area contributed by atoms with Gasteiger partial charge in [-0.05, 0) is 31.6 Å². The van der Waals surface area contributed by atoms with E-state index in [1.165, 1.54) is 24.8 Å². The lowest BCUT2D eigenvalue weighted by Gasteiger charge is -2.07. The first-order valence-corrected chi connectivity index (χ1v) is 6.49. The Kier molecular flexibility index (Phi) is 9.31. The molecular formula is C15H28O. The smallest absolute Gasteiger partial charge is 0.0615 e. The highest BCUT2D eigenvalue weighted by atomic mass is 16.2. The summed E-state index contributed by atoms with van der Waals surface area (Å²) in [5.41, 5.74) is 1.24. The van der Waals surface area contributed by atoms with Crippen molar-refractivity contribution in [2.45, 2.75) is 53.4 Å². The predicted molar refractivity (Wildman–Crippen MR) is 72.5 cm³/mol. The van der Waals surface area contributed by atoms with Crippen LogP contribution in [-0.4, -0.2) is 11.7 Å². The zero-order valence-electron chi connectivity index (χ0n) is 11.4. The number of hydrogen-bond acceptors (Lipinski definition) is 1. The molecule has 0 aliphatic rings. The van der Waals surface area contributed by atoms with E-state index < -0.39 is 0 Å². The summed E-state index contributed by atoms with van der Waals surface area (Å²) in [5.74, 6) is 1.51. The third-order valence-corrected chi connectivity index (χ3v) is 2.79. The van der Waals surface area contributed by atoms with E-state index in [0.717, 1.165) is 12.3 Å². The Balaban J connectivity index is 3.66. The average Bonchev–Trinajstić information content (AvgIpc) is 2.17. The summed E-state index contributed by atoms with van der Waals surface area (Å²) >= 11 is 0. The van der Waals surface area contributed by atoms with Gasteiger partial charge in [0.2, 0.25) is 0 Å². The van der Waals surface area contributed by atoms with E-state index in [2.05, 4.69) is 39.8 Å². The fourth-order valence-electron chi connectivity index (χ4n) is 1.67. The maximum absolute atomic E-state index is 8.71. The second-order valence-corrected chi connectivity index (χ2v) is 5.17. The Morgan fingerprint density at radius 2 is 1.88 bits per heavy atom. The second kappa shape index (κ2) is 9.65. The van der Waals surface area contributed by atoms with Crippen LogP contribution in [-0.2, 0) is 0 Å². The lowest BCUT2D eigenvalue weighted by Crippen LogP contribution is -1.93. The summed E-state index contributed by atoms with van der Waals surface area (Å²) < 4.78 is 0. The van der Waals surface area contributed by atoms with Crippen LogP contribution in [0.25, 0.3) is 0 Å². The topological polar surface area (TPSA) is 20.2 Å². The van der Waals surface area contributed by atoms with Crippen molar-refractivity contribution in [2.24, 2.45) is 11.8 Å². The number of allylic oxidation sites excluding steroid dienone is 3. The van der Waals surface area contributed by atoms with E-state index in [9.17, 15) is 0 Å². The van der Waals surface area contributed by atoms with E-state index in [-0.39, 0.29) is 6.61 Å². The average molecular weight is 224 g/mol. The molecule has 1 nitrogen and oxygen atoms in total. The zero-order chi connectivity index (χ0) is 12.4. The highest BCUT2D eigenvalue weighted by molar-refractivity contribution is 5.05. The molecule has 0 aliphatic carbocycles. The maximum Gasteiger partial charge on any atom is 0.0615 e. The van der Waals surface area contributed by atoms with E-state index >= 15 is 0 Å². The van der Waals surface area contributed by atoms with Gasteiger partial charge in [-0.2, -0.15) is 0 Å². The molecular weight excluding hydrogens is 196 g/mol. The highest BCUT2D eigenvalue weighted by Gasteiger charge is 1.98. The van der Waals surface area contributed by atoms with Crippen molar-refractivity contribution in [3.8, 4) is 0 Å². The van der Waals surface area contributed by atoms with Gasteiger partial charge in [0.05, 0.1) is 6.61 Å². The Morgan fingerprint density at radius 3 is 2.44 bits per heavy atom. The van der Waals surface area contributed by atoms with Crippen molar-refractivity contribution in [1.29, 1.82) is 0 Å². The minimum absolute atomic E-state index is 0.156. The van der Waals surface area contributed by atoms with Gasteiger partial charge in [0.15, 0.2) is 0 Å². The van der Waals surface area contributed by atoms with Gasteiger partial charge in [0, 0.05) is 0 Å². The summed E-state index contributed by atoms with van der Waals surface area (Å²) in [4.78, 5) is 0. The van der Waals surface area contributed by atoms with Gasteiger partial charge >= 0.3 is 0 Å². The van der Waals surface area contributed by atoms with Crippen molar-refractivity contribution in [3.63, 3.8) is 0 Å². The van der Waals surface area contributed by atoms with Crippen LogP contribution in [0.1, 0.15) is 53.4 Å². The quantitative estimate of drug-likeness (QED) is 0.608. The van der Waals surface area contributed by atoms with Crippen LogP contribution in [0, 0.1) is 11.8 Å². The molecule has 0 bridgehead atoms. The molecule has 0 aliphatic heterocycles. The van der Waals surface area contributed by atoms with Crippen molar-refractivity contribution in [2.75, 3.05) is 6.61 Å². The molecule has 94 valence electrons. The lowest BCUT2D eigenvalue weighted by atomic mass is 9.99.